The maximum Gasteiger partial charge on any atom is 0.0234 e. The van der Waals surface area contributed by atoms with Gasteiger partial charge in [-0.3, -0.25) is 4.90 Å². The molecule has 1 aliphatic rings. The van der Waals surface area contributed by atoms with Gasteiger partial charge in [-0.25, -0.2) is 0 Å². The zero-order valence-corrected chi connectivity index (χ0v) is 13.3. The van der Waals surface area contributed by atoms with Crippen molar-refractivity contribution in [2.45, 2.75) is 26.2 Å². The van der Waals surface area contributed by atoms with E-state index in [0.29, 0.717) is 0 Å². The Kier molecular flexibility index (Phi) is 4.20. The number of hydrogen-bond acceptors (Lipinski definition) is 2. The fourth-order valence-electron chi connectivity index (χ4n) is 2.72. The van der Waals surface area contributed by atoms with Gasteiger partial charge in [0.15, 0.2) is 0 Å². The van der Waals surface area contributed by atoms with Crippen molar-refractivity contribution < 1.29 is 0 Å². The van der Waals surface area contributed by atoms with E-state index in [1.54, 1.807) is 0 Å². The Balaban J connectivity index is 1.63. The summed E-state index contributed by atoms with van der Waals surface area (Å²) < 4.78 is 1.13. The minimum Gasteiger partial charge on any atom is -0.309 e. The molecule has 0 amide bonds. The third-order valence-corrected chi connectivity index (χ3v) is 4.25. The molecule has 20 heavy (non-hydrogen) atoms. The van der Waals surface area contributed by atoms with Gasteiger partial charge in [-0.2, -0.15) is 0 Å². The van der Waals surface area contributed by atoms with Gasteiger partial charge in [-0.15, -0.1) is 0 Å². The van der Waals surface area contributed by atoms with Crippen molar-refractivity contribution >= 4 is 15.9 Å². The lowest BCUT2D eigenvalue weighted by atomic mass is 10.1. The van der Waals surface area contributed by atoms with E-state index < -0.39 is 0 Å². The number of nitrogens with one attached hydrogen (secondary N) is 1. The summed E-state index contributed by atoms with van der Waals surface area (Å²) in [6, 6.07) is 15.4. The Bertz CT molecular complexity index is 592. The lowest BCUT2D eigenvalue weighted by molar-refractivity contribution is 0.319. The molecule has 2 aromatic carbocycles. The van der Waals surface area contributed by atoms with Gasteiger partial charge in [0, 0.05) is 30.7 Å². The van der Waals surface area contributed by atoms with Gasteiger partial charge in [0.1, 0.15) is 0 Å². The first kappa shape index (κ1) is 13.8. The first-order valence-corrected chi connectivity index (χ1v) is 7.74. The van der Waals surface area contributed by atoms with Gasteiger partial charge in [0.25, 0.3) is 0 Å². The molecule has 1 N–H and O–H groups in total. The molecule has 104 valence electrons. The van der Waals surface area contributed by atoms with Crippen LogP contribution in [-0.2, 0) is 26.2 Å². The largest absolute Gasteiger partial charge is 0.309 e. The molecular formula is C17H19BrN2. The monoisotopic (exact) mass is 330 g/mol. The lowest BCUT2D eigenvalue weighted by Crippen LogP contribution is -2.17. The first-order valence-electron chi connectivity index (χ1n) is 6.95. The molecule has 0 radical (unpaired) electrons. The second-order valence-corrected chi connectivity index (χ2v) is 6.42. The highest BCUT2D eigenvalue weighted by atomic mass is 79.9. The molecule has 0 saturated carbocycles. The molecular weight excluding hydrogens is 312 g/mol. The summed E-state index contributed by atoms with van der Waals surface area (Å²) in [6.45, 7) is 4.00. The summed E-state index contributed by atoms with van der Waals surface area (Å²) in [5.74, 6) is 0. The van der Waals surface area contributed by atoms with E-state index in [1.807, 2.05) is 0 Å². The molecule has 0 spiro atoms. The third-order valence-electron chi connectivity index (χ3n) is 3.72. The van der Waals surface area contributed by atoms with Crippen molar-refractivity contribution in [3.05, 3.63) is 69.2 Å². The molecule has 0 atom stereocenters. The molecule has 1 heterocycles. The van der Waals surface area contributed by atoms with Gasteiger partial charge in [-0.1, -0.05) is 46.3 Å². The van der Waals surface area contributed by atoms with Crippen LogP contribution in [0.1, 0.15) is 22.3 Å². The highest BCUT2D eigenvalue weighted by Gasteiger charge is 2.10. The molecule has 0 fully saturated rings. The minimum atomic E-state index is 0.975. The molecule has 2 aromatic rings. The Morgan fingerprint density at radius 1 is 0.950 bits per heavy atom. The van der Waals surface area contributed by atoms with E-state index in [0.717, 1.165) is 30.7 Å². The quantitative estimate of drug-likeness (QED) is 0.919. The SMILES string of the molecule is CN(Cc1ccc(Br)cc1)Cc1ccc2c(c1)CNC2. The van der Waals surface area contributed by atoms with Crippen LogP contribution in [0.5, 0.6) is 0 Å². The summed E-state index contributed by atoms with van der Waals surface area (Å²) in [5, 5.41) is 3.40. The predicted octanol–water partition coefficient (Wildman–Crippen LogP) is 3.68. The van der Waals surface area contributed by atoms with E-state index in [9.17, 15) is 0 Å². The number of hydrogen-bond donors (Lipinski definition) is 1. The number of halogens is 1. The molecule has 0 aromatic heterocycles. The molecule has 0 aliphatic carbocycles. The van der Waals surface area contributed by atoms with Crippen LogP contribution in [-0.4, -0.2) is 11.9 Å². The Morgan fingerprint density at radius 3 is 2.40 bits per heavy atom. The van der Waals surface area contributed by atoms with Crippen molar-refractivity contribution in [1.82, 2.24) is 10.2 Å². The maximum absolute atomic E-state index is 3.47. The fourth-order valence-corrected chi connectivity index (χ4v) is 2.98. The molecule has 0 bridgehead atoms. The number of fused-ring (bicyclic) bond motifs is 1. The normalized spacial score (nSPS) is 13.8. The number of rotatable bonds is 4. The second kappa shape index (κ2) is 6.08. The molecule has 0 saturated heterocycles. The van der Waals surface area contributed by atoms with Crippen LogP contribution in [0.4, 0.5) is 0 Å². The average molecular weight is 331 g/mol. The van der Waals surface area contributed by atoms with Gasteiger partial charge in [0.05, 0.1) is 0 Å². The zero-order valence-electron chi connectivity index (χ0n) is 11.7. The Hall–Kier alpha value is -1.16. The molecule has 2 nitrogen and oxygen atoms in total. The van der Waals surface area contributed by atoms with E-state index in [4.69, 9.17) is 0 Å². The van der Waals surface area contributed by atoms with Crippen LogP contribution in [0, 0.1) is 0 Å². The van der Waals surface area contributed by atoms with Gasteiger partial charge < -0.3 is 5.32 Å². The van der Waals surface area contributed by atoms with Gasteiger partial charge in [0.2, 0.25) is 0 Å². The van der Waals surface area contributed by atoms with Gasteiger partial charge in [-0.05, 0) is 41.4 Å². The van der Waals surface area contributed by atoms with Crippen molar-refractivity contribution in [1.29, 1.82) is 0 Å². The standard InChI is InChI=1S/C17H19BrN2/c1-20(11-13-3-6-17(18)7-4-13)12-14-2-5-15-9-19-10-16(15)8-14/h2-8,19H,9-12H2,1H3. The van der Waals surface area contributed by atoms with Crippen LogP contribution in [0.3, 0.4) is 0 Å². The summed E-state index contributed by atoms with van der Waals surface area (Å²) in [5.41, 5.74) is 5.65. The topological polar surface area (TPSA) is 15.3 Å². The highest BCUT2D eigenvalue weighted by molar-refractivity contribution is 9.10. The van der Waals surface area contributed by atoms with Crippen LogP contribution >= 0.6 is 15.9 Å². The second-order valence-electron chi connectivity index (χ2n) is 5.51. The Labute approximate surface area is 128 Å². The third kappa shape index (κ3) is 3.29. The summed E-state index contributed by atoms with van der Waals surface area (Å²) in [7, 11) is 2.17. The number of nitrogens with zero attached hydrogens (tertiary/aromatic N) is 1. The van der Waals surface area contributed by atoms with E-state index in [-0.39, 0.29) is 0 Å². The molecule has 3 heteroatoms. The van der Waals surface area contributed by atoms with Crippen LogP contribution in [0.15, 0.2) is 46.9 Å². The predicted molar refractivity (Wildman–Crippen MR) is 86.3 cm³/mol. The van der Waals surface area contributed by atoms with Crippen LogP contribution in [0.2, 0.25) is 0 Å². The zero-order chi connectivity index (χ0) is 13.9. The van der Waals surface area contributed by atoms with E-state index >= 15 is 0 Å². The van der Waals surface area contributed by atoms with E-state index in [2.05, 4.69) is 75.7 Å². The molecule has 1 aliphatic heterocycles. The summed E-state index contributed by atoms with van der Waals surface area (Å²) >= 11 is 3.47. The van der Waals surface area contributed by atoms with Crippen molar-refractivity contribution in [3.63, 3.8) is 0 Å². The van der Waals surface area contributed by atoms with Crippen molar-refractivity contribution in [3.8, 4) is 0 Å². The minimum absolute atomic E-state index is 0.975. The summed E-state index contributed by atoms with van der Waals surface area (Å²) in [6.07, 6.45) is 0. The van der Waals surface area contributed by atoms with Gasteiger partial charge >= 0.3 is 0 Å². The lowest BCUT2D eigenvalue weighted by Gasteiger charge is -2.17. The molecule has 3 rings (SSSR count). The summed E-state index contributed by atoms with van der Waals surface area (Å²) in [4.78, 5) is 2.35. The average Bonchev–Trinajstić information content (AvgIpc) is 2.89. The molecule has 0 unspecified atom stereocenters. The number of benzene rings is 2. The fraction of sp³-hybridized carbons (Fsp3) is 0.294. The maximum atomic E-state index is 3.47. The highest BCUT2D eigenvalue weighted by Crippen LogP contribution is 2.18. The van der Waals surface area contributed by atoms with Crippen molar-refractivity contribution in [2.24, 2.45) is 0 Å². The first-order chi connectivity index (χ1) is 9.70. The van der Waals surface area contributed by atoms with E-state index in [1.165, 1.54) is 22.3 Å². The van der Waals surface area contributed by atoms with Crippen LogP contribution in [0.25, 0.3) is 0 Å². The van der Waals surface area contributed by atoms with Crippen molar-refractivity contribution in [2.75, 3.05) is 7.05 Å². The van der Waals surface area contributed by atoms with Crippen LogP contribution < -0.4 is 5.32 Å². The smallest absolute Gasteiger partial charge is 0.0234 e. The Morgan fingerprint density at radius 2 is 1.60 bits per heavy atom.